The summed E-state index contributed by atoms with van der Waals surface area (Å²) in [6, 6.07) is 2.94. The van der Waals surface area contributed by atoms with E-state index in [1.54, 1.807) is 6.92 Å². The highest BCUT2D eigenvalue weighted by atomic mass is 19.1. The van der Waals surface area contributed by atoms with E-state index in [9.17, 15) is 9.50 Å². The minimum atomic E-state index is -0.279. The molecule has 0 saturated carbocycles. The van der Waals surface area contributed by atoms with Gasteiger partial charge in [-0.3, -0.25) is 0 Å². The van der Waals surface area contributed by atoms with E-state index < -0.39 is 0 Å². The third-order valence-electron chi connectivity index (χ3n) is 3.24. The van der Waals surface area contributed by atoms with Crippen molar-refractivity contribution in [1.29, 1.82) is 0 Å². The summed E-state index contributed by atoms with van der Waals surface area (Å²) < 4.78 is 13.4. The van der Waals surface area contributed by atoms with Crippen molar-refractivity contribution in [3.8, 4) is 5.75 Å². The molecule has 0 aliphatic carbocycles. The highest BCUT2D eigenvalue weighted by Crippen LogP contribution is 2.36. The Labute approximate surface area is 89.1 Å². The molecule has 1 aromatic rings. The predicted octanol–water partition coefficient (Wildman–Crippen LogP) is 2.44. The van der Waals surface area contributed by atoms with E-state index in [1.165, 1.54) is 12.1 Å². The van der Waals surface area contributed by atoms with E-state index in [0.717, 1.165) is 19.4 Å². The Morgan fingerprint density at radius 3 is 2.80 bits per heavy atom. The maximum atomic E-state index is 13.4. The molecular formula is C12H16FNO. The molecule has 2 N–H and O–H groups in total. The van der Waals surface area contributed by atoms with Crippen LogP contribution in [0.25, 0.3) is 0 Å². The molecule has 0 spiro atoms. The van der Waals surface area contributed by atoms with E-state index in [0.29, 0.717) is 11.1 Å². The third-order valence-corrected chi connectivity index (χ3v) is 3.24. The van der Waals surface area contributed by atoms with Crippen LogP contribution in [-0.4, -0.2) is 11.7 Å². The molecule has 2 nitrogen and oxygen atoms in total. The quantitative estimate of drug-likeness (QED) is 0.744. The summed E-state index contributed by atoms with van der Waals surface area (Å²) in [5, 5.41) is 13.1. The van der Waals surface area contributed by atoms with Gasteiger partial charge in [-0.15, -0.1) is 0 Å². The van der Waals surface area contributed by atoms with Gasteiger partial charge in [0.15, 0.2) is 0 Å². The lowest BCUT2D eigenvalue weighted by molar-refractivity contribution is 0.391. The number of hydrogen-bond donors (Lipinski definition) is 2. The molecule has 0 amide bonds. The molecule has 0 bridgehead atoms. The molecule has 1 saturated heterocycles. The molecule has 1 fully saturated rings. The number of phenols is 1. The first kappa shape index (κ1) is 10.4. The molecule has 2 rings (SSSR count). The number of halogens is 1. The fraction of sp³-hybridized carbons (Fsp3) is 0.500. The molecule has 1 aliphatic heterocycles. The number of aromatic hydroxyl groups is 1. The zero-order chi connectivity index (χ0) is 11.1. The van der Waals surface area contributed by atoms with Crippen LogP contribution < -0.4 is 5.32 Å². The topological polar surface area (TPSA) is 32.3 Å². The number of phenolic OH excluding ortho intramolecular Hbond substituents is 1. The van der Waals surface area contributed by atoms with Gasteiger partial charge in [-0.2, -0.15) is 0 Å². The van der Waals surface area contributed by atoms with Gasteiger partial charge in [0, 0.05) is 11.1 Å². The highest BCUT2D eigenvalue weighted by Gasteiger charge is 2.32. The van der Waals surface area contributed by atoms with Crippen LogP contribution in [0, 0.1) is 12.7 Å². The number of rotatable bonds is 1. The van der Waals surface area contributed by atoms with Gasteiger partial charge in [-0.05, 0) is 50.9 Å². The second-order valence-corrected chi connectivity index (χ2v) is 4.48. The molecule has 3 heteroatoms. The van der Waals surface area contributed by atoms with Crippen molar-refractivity contribution in [1.82, 2.24) is 5.32 Å². The number of hydrogen-bond acceptors (Lipinski definition) is 2. The zero-order valence-corrected chi connectivity index (χ0v) is 9.10. The van der Waals surface area contributed by atoms with Gasteiger partial charge in [0.25, 0.3) is 0 Å². The van der Waals surface area contributed by atoms with Crippen LogP contribution in [0.15, 0.2) is 12.1 Å². The van der Waals surface area contributed by atoms with E-state index >= 15 is 0 Å². The van der Waals surface area contributed by atoms with Crippen molar-refractivity contribution in [3.05, 3.63) is 29.1 Å². The largest absolute Gasteiger partial charge is 0.508 e. The number of nitrogens with one attached hydrogen (secondary N) is 1. The van der Waals surface area contributed by atoms with Gasteiger partial charge in [-0.25, -0.2) is 4.39 Å². The standard InChI is InChI=1S/C12H16FNO/c1-8-6-11(15)9(7-10(8)13)12(2)4-3-5-14-12/h6-7,14-15H,3-5H2,1-2H3. The molecular weight excluding hydrogens is 193 g/mol. The van der Waals surface area contributed by atoms with Crippen molar-refractivity contribution < 1.29 is 9.50 Å². The molecule has 0 aromatic heterocycles. The summed E-state index contributed by atoms with van der Waals surface area (Å²) in [6.07, 6.45) is 1.99. The second kappa shape index (κ2) is 3.49. The van der Waals surface area contributed by atoms with Gasteiger partial charge >= 0.3 is 0 Å². The normalized spacial score (nSPS) is 25.8. The van der Waals surface area contributed by atoms with Gasteiger partial charge in [0.2, 0.25) is 0 Å². The highest BCUT2D eigenvalue weighted by molar-refractivity contribution is 5.41. The van der Waals surface area contributed by atoms with Crippen molar-refractivity contribution >= 4 is 0 Å². The fourth-order valence-electron chi connectivity index (χ4n) is 2.23. The van der Waals surface area contributed by atoms with Crippen molar-refractivity contribution in [3.63, 3.8) is 0 Å². The van der Waals surface area contributed by atoms with Gasteiger partial charge < -0.3 is 10.4 Å². The minimum absolute atomic E-state index is 0.186. The first-order valence-electron chi connectivity index (χ1n) is 5.27. The molecule has 1 unspecified atom stereocenters. The smallest absolute Gasteiger partial charge is 0.126 e. The van der Waals surface area contributed by atoms with E-state index in [-0.39, 0.29) is 17.1 Å². The van der Waals surface area contributed by atoms with Crippen LogP contribution in [0.5, 0.6) is 5.75 Å². The minimum Gasteiger partial charge on any atom is -0.508 e. The first-order chi connectivity index (χ1) is 7.03. The van der Waals surface area contributed by atoms with Gasteiger partial charge in [0.05, 0.1) is 0 Å². The average Bonchev–Trinajstić information content (AvgIpc) is 2.60. The van der Waals surface area contributed by atoms with Gasteiger partial charge in [0.1, 0.15) is 11.6 Å². The zero-order valence-electron chi connectivity index (χ0n) is 9.10. The van der Waals surface area contributed by atoms with E-state index in [1.807, 2.05) is 6.92 Å². The Hall–Kier alpha value is -1.09. The molecule has 0 radical (unpaired) electrons. The molecule has 1 heterocycles. The Bertz CT molecular complexity index is 383. The summed E-state index contributed by atoms with van der Waals surface area (Å²) in [6.45, 7) is 4.58. The Kier molecular flexibility index (Phi) is 2.43. The number of benzene rings is 1. The van der Waals surface area contributed by atoms with Crippen LogP contribution in [0.2, 0.25) is 0 Å². The Morgan fingerprint density at radius 1 is 1.47 bits per heavy atom. The van der Waals surface area contributed by atoms with Crippen molar-refractivity contribution in [2.45, 2.75) is 32.2 Å². The summed E-state index contributed by atoms with van der Waals surface area (Å²) >= 11 is 0. The summed E-state index contributed by atoms with van der Waals surface area (Å²) in [5.41, 5.74) is 0.875. The Morgan fingerprint density at radius 2 is 2.20 bits per heavy atom. The summed E-state index contributed by atoms with van der Waals surface area (Å²) in [5.74, 6) is -0.0662. The summed E-state index contributed by atoms with van der Waals surface area (Å²) in [7, 11) is 0. The van der Waals surface area contributed by atoms with Crippen LogP contribution in [0.4, 0.5) is 4.39 Å². The lowest BCUT2D eigenvalue weighted by atomic mass is 9.89. The second-order valence-electron chi connectivity index (χ2n) is 4.48. The van der Waals surface area contributed by atoms with Crippen LogP contribution in [0.1, 0.15) is 30.9 Å². The molecule has 1 aliphatic rings. The summed E-state index contributed by atoms with van der Waals surface area (Å²) in [4.78, 5) is 0. The maximum absolute atomic E-state index is 13.4. The molecule has 1 atom stereocenters. The third kappa shape index (κ3) is 1.72. The lowest BCUT2D eigenvalue weighted by Gasteiger charge is -2.26. The van der Waals surface area contributed by atoms with Gasteiger partial charge in [-0.1, -0.05) is 0 Å². The maximum Gasteiger partial charge on any atom is 0.126 e. The number of aryl methyl sites for hydroxylation is 1. The first-order valence-corrected chi connectivity index (χ1v) is 5.27. The predicted molar refractivity (Wildman–Crippen MR) is 57.4 cm³/mol. The monoisotopic (exact) mass is 209 g/mol. The SMILES string of the molecule is Cc1cc(O)c(C2(C)CCCN2)cc1F. The van der Waals surface area contributed by atoms with Crippen LogP contribution in [0.3, 0.4) is 0 Å². The Balaban J connectivity index is 2.48. The van der Waals surface area contributed by atoms with Crippen LogP contribution >= 0.6 is 0 Å². The molecule has 1 aromatic carbocycles. The van der Waals surface area contributed by atoms with E-state index in [4.69, 9.17) is 0 Å². The van der Waals surface area contributed by atoms with E-state index in [2.05, 4.69) is 5.32 Å². The molecule has 82 valence electrons. The van der Waals surface area contributed by atoms with Crippen LogP contribution in [-0.2, 0) is 5.54 Å². The molecule has 15 heavy (non-hydrogen) atoms. The fourth-order valence-corrected chi connectivity index (χ4v) is 2.23. The average molecular weight is 209 g/mol. The van der Waals surface area contributed by atoms with Crippen molar-refractivity contribution in [2.75, 3.05) is 6.54 Å². The van der Waals surface area contributed by atoms with Crippen molar-refractivity contribution in [2.24, 2.45) is 0 Å². The lowest BCUT2D eigenvalue weighted by Crippen LogP contribution is -2.33.